The van der Waals surface area contributed by atoms with Gasteiger partial charge in [-0.25, -0.2) is 9.97 Å². The Labute approximate surface area is 194 Å². The highest BCUT2D eigenvalue weighted by atomic mass is 32.1. The van der Waals surface area contributed by atoms with Crippen molar-refractivity contribution >= 4 is 33.9 Å². The predicted octanol–water partition coefficient (Wildman–Crippen LogP) is 3.45. The van der Waals surface area contributed by atoms with E-state index in [-0.39, 0.29) is 11.5 Å². The van der Waals surface area contributed by atoms with E-state index in [9.17, 15) is 14.4 Å². The summed E-state index contributed by atoms with van der Waals surface area (Å²) in [5.41, 5.74) is 3.84. The molecule has 9 heteroatoms. The topological polar surface area (TPSA) is 105 Å². The predicted molar refractivity (Wildman–Crippen MR) is 129 cm³/mol. The number of anilines is 1. The molecule has 0 radical (unpaired) electrons. The molecule has 4 aromatic rings. The first-order valence-corrected chi connectivity index (χ1v) is 11.4. The minimum absolute atomic E-state index is 0.0195. The van der Waals surface area contributed by atoms with Crippen LogP contribution in [0.3, 0.4) is 0 Å². The molecule has 4 rings (SSSR count). The number of benzene rings is 1. The number of aryl methyl sites for hydroxylation is 2. The number of hydrogen-bond acceptors (Lipinski definition) is 6. The molecular weight excluding hydrogens is 438 g/mol. The Bertz CT molecular complexity index is 1380. The van der Waals surface area contributed by atoms with Crippen molar-refractivity contribution < 1.29 is 9.59 Å². The van der Waals surface area contributed by atoms with Crippen molar-refractivity contribution in [3.63, 3.8) is 0 Å². The Morgan fingerprint density at radius 2 is 1.94 bits per heavy atom. The molecule has 0 aliphatic heterocycles. The van der Waals surface area contributed by atoms with Crippen molar-refractivity contribution in [3.05, 3.63) is 81.2 Å². The SMILES string of the molecule is CC(=O)NCCCc1ccc(-c2csc(NC(=O)c3cnc4cc(C)ccn4c3=O)n2)cc1. The molecule has 0 atom stereocenters. The molecule has 0 saturated heterocycles. The summed E-state index contributed by atoms with van der Waals surface area (Å²) in [6, 6.07) is 11.6. The molecule has 33 heavy (non-hydrogen) atoms. The third kappa shape index (κ3) is 5.32. The number of aromatic nitrogens is 3. The lowest BCUT2D eigenvalue weighted by molar-refractivity contribution is -0.118. The van der Waals surface area contributed by atoms with Crippen LogP contribution in [0.15, 0.2) is 59.0 Å². The quantitative estimate of drug-likeness (QED) is 0.410. The maximum atomic E-state index is 12.7. The van der Waals surface area contributed by atoms with Gasteiger partial charge in [0.2, 0.25) is 5.91 Å². The van der Waals surface area contributed by atoms with Crippen LogP contribution in [-0.2, 0) is 11.2 Å². The molecule has 2 amide bonds. The zero-order valence-electron chi connectivity index (χ0n) is 18.3. The third-order valence-electron chi connectivity index (χ3n) is 5.10. The second-order valence-corrected chi connectivity index (χ2v) is 8.54. The normalized spacial score (nSPS) is 10.8. The molecule has 0 spiro atoms. The summed E-state index contributed by atoms with van der Waals surface area (Å²) in [5, 5.41) is 7.75. The van der Waals surface area contributed by atoms with E-state index in [1.54, 1.807) is 18.3 Å². The van der Waals surface area contributed by atoms with Crippen LogP contribution in [0.1, 0.15) is 34.8 Å². The first-order chi connectivity index (χ1) is 15.9. The van der Waals surface area contributed by atoms with Gasteiger partial charge >= 0.3 is 0 Å². The fourth-order valence-electron chi connectivity index (χ4n) is 3.36. The minimum Gasteiger partial charge on any atom is -0.356 e. The van der Waals surface area contributed by atoms with Gasteiger partial charge in [-0.3, -0.25) is 24.1 Å². The maximum Gasteiger partial charge on any atom is 0.270 e. The number of fused-ring (bicyclic) bond motifs is 1. The number of thiazole rings is 1. The van der Waals surface area contributed by atoms with E-state index in [1.165, 1.54) is 34.4 Å². The third-order valence-corrected chi connectivity index (χ3v) is 5.86. The standard InChI is InChI=1S/C24H23N5O3S/c1-15-9-11-29-21(12-15)26-13-19(23(29)32)22(31)28-24-27-20(14-33-24)18-7-5-17(6-8-18)4-3-10-25-16(2)30/h5-9,11-14H,3-4,10H2,1-2H3,(H,25,30)(H,27,28,31). The van der Waals surface area contributed by atoms with E-state index in [1.807, 2.05) is 36.6 Å². The van der Waals surface area contributed by atoms with Crippen LogP contribution >= 0.6 is 11.3 Å². The van der Waals surface area contributed by atoms with Crippen molar-refractivity contribution in [2.45, 2.75) is 26.7 Å². The molecule has 0 aliphatic carbocycles. The molecule has 1 aromatic carbocycles. The Morgan fingerprint density at radius 3 is 2.70 bits per heavy atom. The minimum atomic E-state index is -0.544. The molecule has 3 aromatic heterocycles. The van der Waals surface area contributed by atoms with Crippen LogP contribution in [0.2, 0.25) is 0 Å². The van der Waals surface area contributed by atoms with E-state index in [0.717, 1.165) is 29.7 Å². The average Bonchev–Trinajstić information content (AvgIpc) is 3.25. The Balaban J connectivity index is 1.42. The van der Waals surface area contributed by atoms with Gasteiger partial charge in [0.15, 0.2) is 5.13 Å². The summed E-state index contributed by atoms with van der Waals surface area (Å²) in [5.74, 6) is -0.563. The molecule has 0 fully saturated rings. The lowest BCUT2D eigenvalue weighted by Crippen LogP contribution is -2.26. The number of carbonyl (C=O) groups excluding carboxylic acids is 2. The number of amides is 2. The van der Waals surface area contributed by atoms with Crippen LogP contribution in [0.4, 0.5) is 5.13 Å². The maximum absolute atomic E-state index is 12.7. The van der Waals surface area contributed by atoms with Crippen molar-refractivity contribution in [3.8, 4) is 11.3 Å². The van der Waals surface area contributed by atoms with Gasteiger partial charge in [-0.15, -0.1) is 11.3 Å². The van der Waals surface area contributed by atoms with Gasteiger partial charge in [-0.2, -0.15) is 0 Å². The summed E-state index contributed by atoms with van der Waals surface area (Å²) in [7, 11) is 0. The first-order valence-electron chi connectivity index (χ1n) is 10.5. The van der Waals surface area contributed by atoms with Gasteiger partial charge in [0.1, 0.15) is 11.2 Å². The van der Waals surface area contributed by atoms with E-state index >= 15 is 0 Å². The Kier molecular flexibility index (Phi) is 6.60. The highest BCUT2D eigenvalue weighted by Gasteiger charge is 2.15. The second-order valence-electron chi connectivity index (χ2n) is 7.68. The highest BCUT2D eigenvalue weighted by Crippen LogP contribution is 2.25. The number of rotatable bonds is 7. The van der Waals surface area contributed by atoms with Gasteiger partial charge in [0.05, 0.1) is 5.69 Å². The Morgan fingerprint density at radius 1 is 1.15 bits per heavy atom. The highest BCUT2D eigenvalue weighted by molar-refractivity contribution is 7.14. The first kappa shape index (κ1) is 22.3. The largest absolute Gasteiger partial charge is 0.356 e. The van der Waals surface area contributed by atoms with Crippen LogP contribution in [0.5, 0.6) is 0 Å². The number of pyridine rings is 1. The van der Waals surface area contributed by atoms with Gasteiger partial charge in [-0.05, 0) is 43.0 Å². The monoisotopic (exact) mass is 461 g/mol. The zero-order chi connectivity index (χ0) is 23.4. The average molecular weight is 462 g/mol. The number of nitrogens with zero attached hydrogens (tertiary/aromatic N) is 3. The molecule has 8 nitrogen and oxygen atoms in total. The number of hydrogen-bond donors (Lipinski definition) is 2. The lowest BCUT2D eigenvalue weighted by atomic mass is 10.1. The number of carbonyl (C=O) groups is 2. The van der Waals surface area contributed by atoms with Crippen LogP contribution in [-0.4, -0.2) is 32.7 Å². The van der Waals surface area contributed by atoms with Gasteiger partial charge in [0, 0.05) is 36.8 Å². The molecule has 2 N–H and O–H groups in total. The van der Waals surface area contributed by atoms with E-state index < -0.39 is 11.5 Å². The van der Waals surface area contributed by atoms with Crippen LogP contribution < -0.4 is 16.2 Å². The van der Waals surface area contributed by atoms with E-state index in [0.29, 0.717) is 17.3 Å². The lowest BCUT2D eigenvalue weighted by Gasteiger charge is -2.05. The smallest absolute Gasteiger partial charge is 0.270 e. The summed E-state index contributed by atoms with van der Waals surface area (Å²) in [6.45, 7) is 4.08. The fraction of sp³-hybridized carbons (Fsp3) is 0.208. The summed E-state index contributed by atoms with van der Waals surface area (Å²) in [6.07, 6.45) is 4.65. The Hall–Kier alpha value is -3.85. The molecule has 168 valence electrons. The molecule has 0 aliphatic rings. The summed E-state index contributed by atoms with van der Waals surface area (Å²) >= 11 is 1.29. The second kappa shape index (κ2) is 9.74. The fourth-order valence-corrected chi connectivity index (χ4v) is 4.07. The molecular formula is C24H23N5O3S. The molecule has 3 heterocycles. The van der Waals surface area contributed by atoms with Crippen LogP contribution in [0.25, 0.3) is 16.9 Å². The number of nitrogens with one attached hydrogen (secondary N) is 2. The van der Waals surface area contributed by atoms with E-state index in [4.69, 9.17) is 0 Å². The van der Waals surface area contributed by atoms with Gasteiger partial charge in [-0.1, -0.05) is 24.3 Å². The van der Waals surface area contributed by atoms with Crippen LogP contribution in [0, 0.1) is 6.92 Å². The van der Waals surface area contributed by atoms with Crippen molar-refractivity contribution in [1.82, 2.24) is 19.7 Å². The summed E-state index contributed by atoms with van der Waals surface area (Å²) < 4.78 is 1.35. The van der Waals surface area contributed by atoms with E-state index in [2.05, 4.69) is 20.6 Å². The van der Waals surface area contributed by atoms with Gasteiger partial charge < -0.3 is 5.32 Å². The van der Waals surface area contributed by atoms with Crippen molar-refractivity contribution in [2.24, 2.45) is 0 Å². The van der Waals surface area contributed by atoms with Crippen molar-refractivity contribution in [1.29, 1.82) is 0 Å². The van der Waals surface area contributed by atoms with Crippen molar-refractivity contribution in [2.75, 3.05) is 11.9 Å². The molecule has 0 bridgehead atoms. The molecule has 0 saturated carbocycles. The zero-order valence-corrected chi connectivity index (χ0v) is 19.1. The summed E-state index contributed by atoms with van der Waals surface area (Å²) in [4.78, 5) is 45.0. The van der Waals surface area contributed by atoms with Gasteiger partial charge in [0.25, 0.3) is 11.5 Å². The molecule has 0 unspecified atom stereocenters.